The van der Waals surface area contributed by atoms with Gasteiger partial charge in [0.2, 0.25) is 0 Å². The van der Waals surface area contributed by atoms with Gasteiger partial charge < -0.3 is 15.2 Å². The lowest BCUT2D eigenvalue weighted by molar-refractivity contribution is -0.105. The number of nitrogens with one attached hydrogen (secondary N) is 1. The molecule has 0 aromatic carbocycles. The van der Waals surface area contributed by atoms with E-state index in [1.807, 2.05) is 27.0 Å². The van der Waals surface area contributed by atoms with Crippen LogP contribution in [0.25, 0.3) is 0 Å². The predicted octanol–water partition coefficient (Wildman–Crippen LogP) is 1.10. The first-order valence-electron chi connectivity index (χ1n) is 4.26. The van der Waals surface area contributed by atoms with Gasteiger partial charge in [-0.3, -0.25) is 0 Å². The number of rotatable bonds is 5. The van der Waals surface area contributed by atoms with Crippen LogP contribution in [0, 0.1) is 5.92 Å². The molecule has 0 aromatic heterocycles. The average Bonchev–Trinajstić information content (AvgIpc) is 2.12. The van der Waals surface area contributed by atoms with Gasteiger partial charge in [0.05, 0.1) is 0 Å². The molecule has 0 radical (unpaired) electrons. The Bertz CT molecular complexity index is 145. The minimum atomic E-state index is -0.714. The molecule has 0 rings (SSSR count). The molecular weight excluding hydrogens is 154 g/mol. The number of aliphatic hydroxyl groups is 1. The fraction of sp³-hybridized carbons (Fsp3) is 0.778. The Morgan fingerprint density at radius 1 is 1.67 bits per heavy atom. The molecule has 3 nitrogen and oxygen atoms in total. The van der Waals surface area contributed by atoms with Crippen LogP contribution >= 0.6 is 0 Å². The van der Waals surface area contributed by atoms with E-state index in [1.165, 1.54) is 7.11 Å². The molecule has 0 fully saturated rings. The Hall–Kier alpha value is -0.540. The molecular formula is C9H19NO2. The van der Waals surface area contributed by atoms with Crippen molar-refractivity contribution in [3.8, 4) is 0 Å². The van der Waals surface area contributed by atoms with Gasteiger partial charge >= 0.3 is 0 Å². The summed E-state index contributed by atoms with van der Waals surface area (Å²) in [5, 5.41) is 12.5. The number of aliphatic hydroxyl groups excluding tert-OH is 1. The fourth-order valence-corrected chi connectivity index (χ4v) is 1.28. The van der Waals surface area contributed by atoms with Crippen LogP contribution in [-0.2, 0) is 4.74 Å². The SMILES string of the molecule is C/C=C(/NC)C(CC)C(O)OC. The maximum Gasteiger partial charge on any atom is 0.162 e. The zero-order valence-electron chi connectivity index (χ0n) is 8.29. The van der Waals surface area contributed by atoms with E-state index >= 15 is 0 Å². The largest absolute Gasteiger partial charge is 0.391 e. The van der Waals surface area contributed by atoms with Crippen LogP contribution in [0.1, 0.15) is 20.3 Å². The third kappa shape index (κ3) is 2.83. The summed E-state index contributed by atoms with van der Waals surface area (Å²) in [6.07, 6.45) is 2.10. The summed E-state index contributed by atoms with van der Waals surface area (Å²) < 4.78 is 4.86. The summed E-state index contributed by atoms with van der Waals surface area (Å²) in [7, 11) is 3.36. The van der Waals surface area contributed by atoms with E-state index in [2.05, 4.69) is 5.32 Å². The molecule has 0 amide bonds. The molecule has 3 heteroatoms. The van der Waals surface area contributed by atoms with Gasteiger partial charge in [-0.15, -0.1) is 0 Å². The van der Waals surface area contributed by atoms with Crippen LogP contribution < -0.4 is 5.32 Å². The molecule has 72 valence electrons. The lowest BCUT2D eigenvalue weighted by Gasteiger charge is -2.22. The number of methoxy groups -OCH3 is 1. The topological polar surface area (TPSA) is 41.5 Å². The second-order valence-corrected chi connectivity index (χ2v) is 2.64. The molecule has 0 saturated carbocycles. The van der Waals surface area contributed by atoms with E-state index < -0.39 is 6.29 Å². The van der Waals surface area contributed by atoms with E-state index in [-0.39, 0.29) is 5.92 Å². The molecule has 0 heterocycles. The molecule has 0 saturated heterocycles. The van der Waals surface area contributed by atoms with Crippen molar-refractivity contribution in [3.63, 3.8) is 0 Å². The Morgan fingerprint density at radius 2 is 2.25 bits per heavy atom. The summed E-state index contributed by atoms with van der Waals surface area (Å²) >= 11 is 0. The second-order valence-electron chi connectivity index (χ2n) is 2.64. The zero-order valence-corrected chi connectivity index (χ0v) is 8.29. The van der Waals surface area contributed by atoms with Crippen molar-refractivity contribution < 1.29 is 9.84 Å². The number of allylic oxidation sites excluding steroid dienone is 1. The molecule has 0 bridgehead atoms. The Morgan fingerprint density at radius 3 is 2.50 bits per heavy atom. The molecule has 2 atom stereocenters. The molecule has 0 aliphatic rings. The summed E-state index contributed by atoms with van der Waals surface area (Å²) in [5.41, 5.74) is 1.02. The first-order valence-corrected chi connectivity index (χ1v) is 4.26. The number of ether oxygens (including phenoxy) is 1. The lowest BCUT2D eigenvalue weighted by atomic mass is 10.0. The average molecular weight is 173 g/mol. The van der Waals surface area contributed by atoms with Crippen molar-refractivity contribution in [2.24, 2.45) is 5.92 Å². The maximum absolute atomic E-state index is 9.45. The Kier molecular flexibility index (Phi) is 5.76. The predicted molar refractivity (Wildman–Crippen MR) is 49.6 cm³/mol. The standard InChI is InChI=1S/C9H19NO2/c1-5-7(9(11)12-4)8(6-2)10-3/h6-7,9-11H,5H2,1-4H3/b8-6+. The van der Waals surface area contributed by atoms with E-state index in [4.69, 9.17) is 4.74 Å². The fourth-order valence-electron chi connectivity index (χ4n) is 1.28. The normalized spacial score (nSPS) is 17.2. The third-order valence-electron chi connectivity index (χ3n) is 2.02. The Labute approximate surface area is 74.4 Å². The smallest absolute Gasteiger partial charge is 0.162 e. The highest BCUT2D eigenvalue weighted by atomic mass is 16.6. The summed E-state index contributed by atoms with van der Waals surface area (Å²) in [6.45, 7) is 3.96. The lowest BCUT2D eigenvalue weighted by Crippen LogP contribution is -2.28. The second kappa shape index (κ2) is 6.03. The van der Waals surface area contributed by atoms with Crippen molar-refractivity contribution >= 4 is 0 Å². The highest BCUT2D eigenvalue weighted by molar-refractivity contribution is 5.03. The highest BCUT2D eigenvalue weighted by Crippen LogP contribution is 2.17. The summed E-state index contributed by atoms with van der Waals surface area (Å²) in [5.74, 6) is 0.0463. The van der Waals surface area contributed by atoms with Gasteiger partial charge in [-0.05, 0) is 13.3 Å². The van der Waals surface area contributed by atoms with Crippen LogP contribution in [0.2, 0.25) is 0 Å². The molecule has 2 N–H and O–H groups in total. The quantitative estimate of drug-likeness (QED) is 0.612. The van der Waals surface area contributed by atoms with Gasteiger partial charge in [0.1, 0.15) is 0 Å². The monoisotopic (exact) mass is 173 g/mol. The molecule has 0 aliphatic carbocycles. The van der Waals surface area contributed by atoms with Crippen molar-refractivity contribution in [2.75, 3.05) is 14.2 Å². The van der Waals surface area contributed by atoms with E-state index in [9.17, 15) is 5.11 Å². The molecule has 0 spiro atoms. The van der Waals surface area contributed by atoms with Gasteiger partial charge in [-0.2, -0.15) is 0 Å². The van der Waals surface area contributed by atoms with Crippen molar-refractivity contribution in [1.82, 2.24) is 5.32 Å². The van der Waals surface area contributed by atoms with Gasteiger partial charge in [-0.1, -0.05) is 13.0 Å². The molecule has 0 aliphatic heterocycles. The van der Waals surface area contributed by atoms with Crippen LogP contribution in [-0.4, -0.2) is 25.6 Å². The zero-order chi connectivity index (χ0) is 9.56. The molecule has 12 heavy (non-hydrogen) atoms. The van der Waals surface area contributed by atoms with Crippen LogP contribution in [0.15, 0.2) is 11.8 Å². The van der Waals surface area contributed by atoms with Gasteiger partial charge in [0.25, 0.3) is 0 Å². The van der Waals surface area contributed by atoms with Gasteiger partial charge in [-0.25, -0.2) is 0 Å². The van der Waals surface area contributed by atoms with Crippen molar-refractivity contribution in [3.05, 3.63) is 11.8 Å². The number of hydrogen-bond acceptors (Lipinski definition) is 3. The minimum absolute atomic E-state index is 0.0463. The summed E-state index contributed by atoms with van der Waals surface area (Å²) in [6, 6.07) is 0. The van der Waals surface area contributed by atoms with E-state index in [1.54, 1.807) is 0 Å². The minimum Gasteiger partial charge on any atom is -0.391 e. The first-order chi connectivity index (χ1) is 5.71. The van der Waals surface area contributed by atoms with Gasteiger partial charge in [0, 0.05) is 25.8 Å². The van der Waals surface area contributed by atoms with Crippen molar-refractivity contribution in [2.45, 2.75) is 26.6 Å². The van der Waals surface area contributed by atoms with Crippen LogP contribution in [0.3, 0.4) is 0 Å². The third-order valence-corrected chi connectivity index (χ3v) is 2.02. The maximum atomic E-state index is 9.45. The first kappa shape index (κ1) is 11.5. The molecule has 0 aromatic rings. The highest BCUT2D eigenvalue weighted by Gasteiger charge is 2.19. The molecule has 2 unspecified atom stereocenters. The van der Waals surface area contributed by atoms with E-state index in [0.717, 1.165) is 12.1 Å². The van der Waals surface area contributed by atoms with Crippen LogP contribution in [0.4, 0.5) is 0 Å². The van der Waals surface area contributed by atoms with Crippen molar-refractivity contribution in [1.29, 1.82) is 0 Å². The Balaban J connectivity index is 4.31. The van der Waals surface area contributed by atoms with Gasteiger partial charge in [0.15, 0.2) is 6.29 Å². The van der Waals surface area contributed by atoms with Crippen LogP contribution in [0.5, 0.6) is 0 Å². The number of hydrogen-bond donors (Lipinski definition) is 2. The summed E-state index contributed by atoms with van der Waals surface area (Å²) in [4.78, 5) is 0. The van der Waals surface area contributed by atoms with E-state index in [0.29, 0.717) is 0 Å².